The standard InChI is InChI=1S/C59H38N2/c1-3-17-39(18-4-1)42-36-51-50-26-12-16-30-56(50)61(43-21-5-2-6-22-43)58(51)57(37-42)60(44-32-31-40-19-7-8-20-41(40)35-44)45-33-34-49-48-25-11-15-29-54(48)59(55(49)38-45)52-27-13-9-23-46(52)47-24-10-14-28-53(47)59/h1-38H. The van der Waals surface area contributed by atoms with Gasteiger partial charge in [-0.25, -0.2) is 0 Å². The number of rotatable bonds is 5. The molecule has 1 aromatic heterocycles. The number of benzene rings is 10. The van der Waals surface area contributed by atoms with Gasteiger partial charge in [-0.3, -0.25) is 0 Å². The topological polar surface area (TPSA) is 8.17 Å². The highest BCUT2D eigenvalue weighted by molar-refractivity contribution is 6.16. The second-order valence-electron chi connectivity index (χ2n) is 16.4. The van der Waals surface area contributed by atoms with Crippen LogP contribution in [0.2, 0.25) is 0 Å². The second kappa shape index (κ2) is 13.0. The molecule has 1 spiro atoms. The summed E-state index contributed by atoms with van der Waals surface area (Å²) in [6, 6.07) is 85.5. The van der Waals surface area contributed by atoms with E-state index in [2.05, 4.69) is 240 Å². The first kappa shape index (κ1) is 34.0. The predicted octanol–water partition coefficient (Wildman–Crippen LogP) is 15.4. The van der Waals surface area contributed by atoms with Gasteiger partial charge in [0.1, 0.15) is 0 Å². The predicted molar refractivity (Wildman–Crippen MR) is 255 cm³/mol. The fourth-order valence-corrected chi connectivity index (χ4v) is 10.9. The smallest absolute Gasteiger partial charge is 0.0782 e. The molecule has 0 saturated carbocycles. The van der Waals surface area contributed by atoms with Gasteiger partial charge < -0.3 is 9.47 Å². The van der Waals surface area contributed by atoms with Gasteiger partial charge in [-0.2, -0.15) is 0 Å². The number of hydrogen-bond donors (Lipinski definition) is 0. The van der Waals surface area contributed by atoms with E-state index in [9.17, 15) is 0 Å². The molecule has 13 rings (SSSR count). The van der Waals surface area contributed by atoms with Gasteiger partial charge in [0, 0.05) is 27.8 Å². The molecule has 0 radical (unpaired) electrons. The lowest BCUT2D eigenvalue weighted by Gasteiger charge is -2.32. The van der Waals surface area contributed by atoms with Gasteiger partial charge in [0.2, 0.25) is 0 Å². The van der Waals surface area contributed by atoms with Gasteiger partial charge in [-0.15, -0.1) is 0 Å². The first-order valence-corrected chi connectivity index (χ1v) is 21.2. The zero-order valence-corrected chi connectivity index (χ0v) is 33.3. The van der Waals surface area contributed by atoms with Crippen molar-refractivity contribution in [2.45, 2.75) is 5.41 Å². The van der Waals surface area contributed by atoms with Crippen LogP contribution in [-0.4, -0.2) is 4.57 Å². The van der Waals surface area contributed by atoms with E-state index < -0.39 is 5.41 Å². The lowest BCUT2D eigenvalue weighted by molar-refractivity contribution is 0.793. The first-order valence-electron chi connectivity index (χ1n) is 21.2. The highest BCUT2D eigenvalue weighted by Gasteiger charge is 2.51. The van der Waals surface area contributed by atoms with Crippen molar-refractivity contribution in [3.05, 3.63) is 253 Å². The minimum atomic E-state index is -0.468. The van der Waals surface area contributed by atoms with E-state index in [1.54, 1.807) is 0 Å². The Morgan fingerprint density at radius 3 is 1.59 bits per heavy atom. The molecule has 284 valence electrons. The largest absolute Gasteiger partial charge is 0.308 e. The summed E-state index contributed by atoms with van der Waals surface area (Å²) < 4.78 is 2.47. The molecular weight excluding hydrogens is 737 g/mol. The molecule has 2 heteroatoms. The molecule has 2 nitrogen and oxygen atoms in total. The van der Waals surface area contributed by atoms with Gasteiger partial charge in [-0.1, -0.05) is 176 Å². The molecule has 10 aromatic carbocycles. The third-order valence-corrected chi connectivity index (χ3v) is 13.3. The van der Waals surface area contributed by atoms with Crippen LogP contribution in [0.25, 0.3) is 71.6 Å². The van der Waals surface area contributed by atoms with Gasteiger partial charge in [-0.05, 0) is 121 Å². The number of fused-ring (bicyclic) bond motifs is 14. The zero-order chi connectivity index (χ0) is 40.1. The van der Waals surface area contributed by atoms with Crippen molar-refractivity contribution in [1.82, 2.24) is 4.57 Å². The summed E-state index contributed by atoms with van der Waals surface area (Å²) in [5, 5.41) is 4.86. The van der Waals surface area contributed by atoms with Gasteiger partial charge in [0.15, 0.2) is 0 Å². The Bertz CT molecular complexity index is 3480. The fourth-order valence-electron chi connectivity index (χ4n) is 10.9. The maximum Gasteiger partial charge on any atom is 0.0782 e. The molecule has 0 aliphatic heterocycles. The third-order valence-electron chi connectivity index (χ3n) is 13.3. The highest BCUT2D eigenvalue weighted by atomic mass is 15.2. The summed E-state index contributed by atoms with van der Waals surface area (Å²) in [4.78, 5) is 2.53. The van der Waals surface area contributed by atoms with Crippen molar-refractivity contribution in [3.8, 4) is 39.1 Å². The van der Waals surface area contributed by atoms with Crippen molar-refractivity contribution in [3.63, 3.8) is 0 Å². The Balaban J connectivity index is 1.17. The maximum atomic E-state index is 2.53. The zero-order valence-electron chi connectivity index (χ0n) is 33.3. The van der Waals surface area contributed by atoms with Crippen molar-refractivity contribution in [2.75, 3.05) is 4.90 Å². The normalized spacial score (nSPS) is 13.0. The molecule has 0 saturated heterocycles. The number of anilines is 3. The lowest BCUT2D eigenvalue weighted by Crippen LogP contribution is -2.26. The van der Waals surface area contributed by atoms with Crippen molar-refractivity contribution < 1.29 is 0 Å². The fraction of sp³-hybridized carbons (Fsp3) is 0.0169. The number of para-hydroxylation sites is 2. The summed E-state index contributed by atoms with van der Waals surface area (Å²) in [7, 11) is 0. The summed E-state index contributed by atoms with van der Waals surface area (Å²) in [5.41, 5.74) is 19.2. The van der Waals surface area contributed by atoms with Crippen molar-refractivity contribution in [2.24, 2.45) is 0 Å². The van der Waals surface area contributed by atoms with Crippen LogP contribution in [0.15, 0.2) is 231 Å². The average molecular weight is 775 g/mol. The second-order valence-corrected chi connectivity index (χ2v) is 16.4. The SMILES string of the molecule is c1ccc(-c2cc(N(c3ccc4c(c3)C3(c5ccccc5-c5ccccc53)c3ccccc3-4)c3ccc4ccccc4c3)c3c(c2)c2ccccc2n3-c2ccccc2)cc1. The van der Waals surface area contributed by atoms with Crippen LogP contribution in [0.1, 0.15) is 22.3 Å². The van der Waals surface area contributed by atoms with Crippen LogP contribution in [0.4, 0.5) is 17.1 Å². The Morgan fingerprint density at radius 1 is 0.344 bits per heavy atom. The van der Waals surface area contributed by atoms with Crippen molar-refractivity contribution in [1.29, 1.82) is 0 Å². The van der Waals surface area contributed by atoms with E-state index in [0.29, 0.717) is 0 Å². The number of aromatic nitrogens is 1. The average Bonchev–Trinajstić information content (AvgIpc) is 3.94. The number of hydrogen-bond acceptors (Lipinski definition) is 1. The third kappa shape index (κ3) is 4.79. The minimum Gasteiger partial charge on any atom is -0.308 e. The quantitative estimate of drug-likeness (QED) is 0.169. The van der Waals surface area contributed by atoms with E-state index in [1.807, 2.05) is 0 Å². The molecule has 0 bridgehead atoms. The molecule has 0 atom stereocenters. The van der Waals surface area contributed by atoms with Crippen LogP contribution in [0, 0.1) is 0 Å². The summed E-state index contributed by atoms with van der Waals surface area (Å²) in [5.74, 6) is 0. The van der Waals surface area contributed by atoms with E-state index in [-0.39, 0.29) is 0 Å². The molecule has 11 aromatic rings. The van der Waals surface area contributed by atoms with E-state index in [4.69, 9.17) is 0 Å². The molecule has 0 fully saturated rings. The van der Waals surface area contributed by atoms with E-state index in [1.165, 1.54) is 82.7 Å². The Kier molecular flexibility index (Phi) is 7.26. The number of nitrogens with zero attached hydrogens (tertiary/aromatic N) is 2. The Labute approximate surface area is 354 Å². The lowest BCUT2D eigenvalue weighted by atomic mass is 9.70. The van der Waals surface area contributed by atoms with Crippen LogP contribution < -0.4 is 4.90 Å². The molecule has 2 aliphatic rings. The molecular formula is C59H38N2. The summed E-state index contributed by atoms with van der Waals surface area (Å²) in [6.07, 6.45) is 0. The summed E-state index contributed by atoms with van der Waals surface area (Å²) in [6.45, 7) is 0. The van der Waals surface area contributed by atoms with Gasteiger partial charge in [0.25, 0.3) is 0 Å². The van der Waals surface area contributed by atoms with Crippen molar-refractivity contribution >= 4 is 49.6 Å². The molecule has 2 aliphatic carbocycles. The highest BCUT2D eigenvalue weighted by Crippen LogP contribution is 2.63. The van der Waals surface area contributed by atoms with Crippen LogP contribution in [0.3, 0.4) is 0 Å². The Morgan fingerprint density at radius 2 is 0.885 bits per heavy atom. The van der Waals surface area contributed by atoms with E-state index >= 15 is 0 Å². The Hall–Kier alpha value is -7.94. The molecule has 0 unspecified atom stereocenters. The van der Waals surface area contributed by atoms with Crippen LogP contribution >= 0.6 is 0 Å². The summed E-state index contributed by atoms with van der Waals surface area (Å²) >= 11 is 0. The van der Waals surface area contributed by atoms with Gasteiger partial charge >= 0.3 is 0 Å². The molecule has 0 amide bonds. The monoisotopic (exact) mass is 774 g/mol. The molecule has 0 N–H and O–H groups in total. The maximum absolute atomic E-state index is 2.53. The molecule has 1 heterocycles. The van der Waals surface area contributed by atoms with Crippen LogP contribution in [-0.2, 0) is 5.41 Å². The molecule has 61 heavy (non-hydrogen) atoms. The van der Waals surface area contributed by atoms with E-state index in [0.717, 1.165) is 28.3 Å². The first-order chi connectivity index (χ1) is 30.3. The van der Waals surface area contributed by atoms with Crippen LogP contribution in [0.5, 0.6) is 0 Å². The minimum absolute atomic E-state index is 0.468. The van der Waals surface area contributed by atoms with Gasteiger partial charge in [0.05, 0.1) is 22.1 Å².